The van der Waals surface area contributed by atoms with Gasteiger partial charge in [-0.05, 0) is 181 Å². The number of hydrogen-bond acceptors (Lipinski definition) is 41. The van der Waals surface area contributed by atoms with Crippen LogP contribution in [0.15, 0.2) is 190 Å². The van der Waals surface area contributed by atoms with Crippen LogP contribution in [-0.2, 0) is 82.8 Å². The summed E-state index contributed by atoms with van der Waals surface area (Å²) in [6.45, 7) is 0.548. The summed E-state index contributed by atoms with van der Waals surface area (Å²) in [5.74, 6) is -4.23. The number of ketones is 4. The third kappa shape index (κ3) is 30.5. The van der Waals surface area contributed by atoms with E-state index < -0.39 is 156 Å². The lowest BCUT2D eigenvalue weighted by Gasteiger charge is -2.24. The van der Waals surface area contributed by atoms with Gasteiger partial charge in [0.25, 0.3) is 0 Å². The molecule has 0 amide bonds. The van der Waals surface area contributed by atoms with Crippen LogP contribution in [0.25, 0.3) is 0 Å². The zero-order chi connectivity index (χ0) is 105. The SMILES string of the molecule is CC(N)(c1cccc(Br)c1)c1csc(C(=O)c2cncnc2C[C@@H]2C[C@H](COS(N)(=O)=O)[C@@H](O)[C@H]2O)c1.NC(c1cccc(Br)c1)c1cc(C(=O)c2cncnc2N[C@@H]2C[C@H](COS(N)(=O)=O)[C@@H](O)[C@H]2O)sc1Cl.NC(c1cccc(Cl)n1)c1cc(C(=O)c2cncnc2N[C@@H]2C[C@H](COS(N)(=O)=O)[C@@H](O)C2)sc1Cl.NS(=O)(=O)OC[C@H]1C[C@@H](Cc2ncncc2C(=O)c2cc(Cc3cccc(Br)c3)cs2)[C@H](O)[C@@H]1O. The number of aliphatic hydroxyl groups is 7. The Kier molecular flexibility index (Phi) is 38.9. The molecule has 4 saturated carbocycles. The fourth-order valence-electron chi connectivity index (χ4n) is 17.0. The van der Waals surface area contributed by atoms with E-state index in [1.165, 1.54) is 72.8 Å². The molecular weight excluding hydrogens is 2300 g/mol. The highest BCUT2D eigenvalue weighted by atomic mass is 79.9. The molecule has 41 nitrogen and oxygen atoms in total. The van der Waals surface area contributed by atoms with Crippen molar-refractivity contribution in [3.05, 3.63) is 301 Å². The Morgan fingerprint density at radius 2 is 0.883 bits per heavy atom. The van der Waals surface area contributed by atoms with E-state index >= 15 is 0 Å². The van der Waals surface area contributed by atoms with Gasteiger partial charge in [0, 0.05) is 79.0 Å². The van der Waals surface area contributed by atoms with Crippen molar-refractivity contribution >= 4 is 204 Å². The van der Waals surface area contributed by atoms with E-state index in [2.05, 4.69) is 120 Å². The van der Waals surface area contributed by atoms with Crippen LogP contribution in [0, 0.1) is 35.5 Å². The number of pyridine rings is 1. The van der Waals surface area contributed by atoms with E-state index in [0.29, 0.717) is 86.4 Å². The molecule has 0 bridgehead atoms. The van der Waals surface area contributed by atoms with Gasteiger partial charge in [0.15, 0.2) is 0 Å². The smallest absolute Gasteiger partial charge is 0.333 e. The predicted molar refractivity (Wildman–Crippen MR) is 551 cm³/mol. The van der Waals surface area contributed by atoms with E-state index in [1.54, 1.807) is 36.4 Å². The Hall–Kier alpha value is -8.40. The largest absolute Gasteiger partial charge is 0.393 e. The minimum Gasteiger partial charge on any atom is -0.393 e. The number of halogens is 6. The third-order valence-electron chi connectivity index (χ3n) is 24.5. The lowest BCUT2D eigenvalue weighted by Crippen LogP contribution is -2.36. The number of nitrogens with one attached hydrogen (secondary N) is 2. The van der Waals surface area contributed by atoms with Gasteiger partial charge < -0.3 is 63.6 Å². The number of anilines is 2. The van der Waals surface area contributed by atoms with Gasteiger partial charge in [-0.2, -0.15) is 33.7 Å². The van der Waals surface area contributed by atoms with Gasteiger partial charge in [0.2, 0.25) is 23.1 Å². The lowest BCUT2D eigenvalue weighted by atomic mass is 9.87. The Labute approximate surface area is 888 Å². The lowest BCUT2D eigenvalue weighted by molar-refractivity contribution is -0.00336. The highest BCUT2D eigenvalue weighted by Crippen LogP contribution is 2.43. The number of carbonyl (C=O) groups excluding carboxylic acids is 4. The molecule has 3 aromatic carbocycles. The average molecular weight is 2400 g/mol. The van der Waals surface area contributed by atoms with E-state index in [4.69, 9.17) is 72.6 Å². The Morgan fingerprint density at radius 3 is 1.39 bits per heavy atom. The summed E-state index contributed by atoms with van der Waals surface area (Å²) in [5.41, 5.74) is 26.6. The molecule has 3 unspecified atom stereocenters. The van der Waals surface area contributed by atoms with Gasteiger partial charge in [-0.25, -0.2) is 65.4 Å². The van der Waals surface area contributed by atoms with E-state index in [1.807, 2.05) is 96.5 Å². The summed E-state index contributed by atoms with van der Waals surface area (Å²) in [7, 11) is -16.6. The average Bonchev–Trinajstić information content (AvgIpc) is 1.66. The van der Waals surface area contributed by atoms with Crippen molar-refractivity contribution in [2.45, 2.75) is 131 Å². The van der Waals surface area contributed by atoms with Crippen LogP contribution < -0.4 is 48.4 Å². The van der Waals surface area contributed by atoms with Crippen LogP contribution in [-0.4, -0.2) is 219 Å². The first kappa shape index (κ1) is 114. The van der Waals surface area contributed by atoms with Crippen molar-refractivity contribution in [1.82, 2.24) is 44.9 Å². The van der Waals surface area contributed by atoms with Crippen molar-refractivity contribution in [3.63, 3.8) is 0 Å². The van der Waals surface area contributed by atoms with Crippen molar-refractivity contribution < 1.29 is 105 Å². The van der Waals surface area contributed by atoms with Crippen molar-refractivity contribution in [3.8, 4) is 0 Å². The second kappa shape index (κ2) is 49.6. The molecule has 55 heteroatoms. The first-order valence-electron chi connectivity index (χ1n) is 43.7. The monoisotopic (exact) mass is 2390 g/mol. The molecule has 16 rings (SSSR count). The number of aliphatic hydroxyl groups excluding tert-OH is 7. The number of rotatable bonds is 36. The van der Waals surface area contributed by atoms with Gasteiger partial charge in [-0.3, -0.25) is 35.9 Å². The van der Waals surface area contributed by atoms with Gasteiger partial charge >= 0.3 is 41.2 Å². The van der Waals surface area contributed by atoms with Crippen LogP contribution in [0.4, 0.5) is 11.6 Å². The Balaban J connectivity index is 0.000000162. The maximum Gasteiger partial charge on any atom is 0.333 e. The molecule has 4 fully saturated rings. The number of nitrogens with zero attached hydrogens (tertiary/aromatic N) is 9. The molecular formula is C90H96Br3Cl3N18O23S8. The zero-order valence-electron chi connectivity index (χ0n) is 75.8. The van der Waals surface area contributed by atoms with Crippen LogP contribution >= 0.6 is 128 Å². The van der Waals surface area contributed by atoms with Crippen LogP contribution in [0.5, 0.6) is 0 Å². The van der Waals surface area contributed by atoms with E-state index in [9.17, 15) is 88.6 Å². The number of hydrogen-bond donors (Lipinski definition) is 16. The normalized spacial score (nSPS) is 22.4. The van der Waals surface area contributed by atoms with Crippen molar-refractivity contribution in [2.24, 2.45) is 73.3 Å². The summed E-state index contributed by atoms with van der Waals surface area (Å²) in [6, 6.07) is 32.8. The summed E-state index contributed by atoms with van der Waals surface area (Å²) < 4.78 is 111. The van der Waals surface area contributed by atoms with Crippen molar-refractivity contribution in [1.29, 1.82) is 0 Å². The second-order valence-corrected chi connectivity index (χ2v) is 47.8. The van der Waals surface area contributed by atoms with Gasteiger partial charge in [-0.1, -0.05) is 125 Å². The molecule has 4 aliphatic rings. The van der Waals surface area contributed by atoms with Gasteiger partial charge in [0.1, 0.15) is 48.2 Å². The Bertz CT molecular complexity index is 7160. The van der Waals surface area contributed by atoms with Crippen LogP contribution in [0.3, 0.4) is 0 Å². The summed E-state index contributed by atoms with van der Waals surface area (Å²) in [5, 5.41) is 103. The van der Waals surface area contributed by atoms with Crippen LogP contribution in [0.2, 0.25) is 13.8 Å². The summed E-state index contributed by atoms with van der Waals surface area (Å²) in [6.07, 6.45) is 5.18. The maximum atomic E-state index is 13.5. The Morgan fingerprint density at radius 1 is 0.455 bits per heavy atom. The minimum absolute atomic E-state index is 0.119. The van der Waals surface area contributed by atoms with Gasteiger partial charge in [-0.15, -0.1) is 45.3 Å². The predicted octanol–water partition coefficient (Wildman–Crippen LogP) is 8.38. The molecule has 12 aromatic rings. The molecule has 145 heavy (non-hydrogen) atoms. The fraction of sp³-hybridized carbons (Fsp3) is 0.344. The summed E-state index contributed by atoms with van der Waals surface area (Å²) >= 11 is 34.0. The highest BCUT2D eigenvalue weighted by molar-refractivity contribution is 9.11. The van der Waals surface area contributed by atoms with Gasteiger partial charge in [0.05, 0.1) is 154 Å². The first-order chi connectivity index (χ1) is 68.4. The fourth-order valence-corrected chi connectivity index (χ4v) is 24.4. The first-order valence-corrected chi connectivity index (χ1v) is 56.5. The molecule has 4 aliphatic carbocycles. The number of carbonyl (C=O) groups is 4. The molecule has 0 radical (unpaired) electrons. The molecule has 774 valence electrons. The maximum absolute atomic E-state index is 13.5. The molecule has 9 heterocycles. The number of aromatic nitrogens is 9. The van der Waals surface area contributed by atoms with E-state index in [-0.39, 0.29) is 104 Å². The molecule has 18 atom stereocenters. The molecule has 0 aliphatic heterocycles. The number of nitrogens with two attached hydrogens (primary N) is 7. The topological polar surface area (TPSA) is 706 Å². The number of thiophene rings is 4. The second-order valence-electron chi connectivity index (χ2n) is 34.6. The minimum atomic E-state index is -4.20. The number of benzene rings is 3. The van der Waals surface area contributed by atoms with Crippen LogP contribution in [0.1, 0.15) is 168 Å². The molecule has 0 spiro atoms. The quantitative estimate of drug-likeness (QED) is 0.0129. The van der Waals surface area contributed by atoms with Crippen molar-refractivity contribution in [2.75, 3.05) is 37.1 Å². The molecule has 23 N–H and O–H groups in total. The third-order valence-corrected chi connectivity index (χ3v) is 32.7. The zero-order valence-corrected chi connectivity index (χ0v) is 89.4. The highest BCUT2D eigenvalue weighted by Gasteiger charge is 2.47. The molecule has 9 aromatic heterocycles. The standard InChI is InChI=1S/C24H27BrN4O6S2.C23H24BrN3O6S2.C22H23BrClN5O6S2.C21H22Cl2N6O5S2/c1-24(26,15-3-2-4-17(25)7-15)16-8-20(36-11-16)23(32)18-9-28-12-29-19(18)6-13-5-14(22(31)21(13)30)10-35-37(27,33)34;24-17-3-1-2-13(5-17)4-14-6-20(34-11-14)23(30)18-9-26-12-27-19(18)8-15-7-16(22(29)21(15)28)10-33-35(25,31)32;23-12-3-1-2-10(4-12)17(25)13-6-16(36-21(13)24)19(31)14-7-27-9-28-22(14)29-15-5-11(18(30)20(15)32)8-35-37(26,33)34;22-17-3-1-2-14(29-17)18(24)12-6-16(35-20(12)23)19(31)13-7-26-9-27-21(13)28-11-4-10(15(30)5-11)8-34-36(25,32)33/h2-4,7-9,11-14,21-22,30-31H,5-6,10,26H2,1H3,(H2,27,33,34);1-3,5-6,9,11-12,15-16,21-22,28-29H,4,7-8,10H2,(H2,25,31,32);1-4,6-7,9,11,15,17-18,20,30,32H,5,8,25H2,(H2,26,33,34)(H,27,28,29);1-3,6-7,9-11,15,18,30H,4-5,8,24H2,(H2,25,32,33)(H,26,27,28)/t13-,14+,21-,22+,24?;15-,16+,21-,22+;11-,15-,17?,18-,20+;10-,11-,15+,18?/m0011/s1. The molecule has 0 saturated heterocycles. The van der Waals surface area contributed by atoms with E-state index in [0.717, 1.165) is 63.9 Å². The summed E-state index contributed by atoms with van der Waals surface area (Å²) in [4.78, 5) is 92.2.